The molecular formula is C25H18BrN3O. The molecule has 30 heavy (non-hydrogen) atoms. The van der Waals surface area contributed by atoms with Crippen LogP contribution in [0, 0.1) is 5.21 Å². The lowest BCUT2D eigenvalue weighted by Crippen LogP contribution is -2.39. The van der Waals surface area contributed by atoms with E-state index in [1.165, 1.54) is 6.20 Å². The average molecular weight is 456 g/mol. The molecule has 5 aromatic rings. The number of hydrogen-bond acceptors (Lipinski definition) is 2. The first-order valence-corrected chi connectivity index (χ1v) is 10.4. The molecule has 0 N–H and O–H groups in total. The highest BCUT2D eigenvalue weighted by molar-refractivity contribution is 9.10. The molecule has 0 aliphatic rings. The summed E-state index contributed by atoms with van der Waals surface area (Å²) in [7, 11) is 0. The van der Waals surface area contributed by atoms with Crippen LogP contribution in [0.2, 0.25) is 0 Å². The number of fused-ring (bicyclic) bond motifs is 1. The summed E-state index contributed by atoms with van der Waals surface area (Å²) in [6.45, 7) is 0. The Morgan fingerprint density at radius 2 is 1.23 bits per heavy atom. The van der Waals surface area contributed by atoms with Crippen molar-refractivity contribution in [2.45, 2.75) is 5.54 Å². The Kier molecular flexibility index (Phi) is 4.60. The number of rotatable bonds is 4. The number of nitrogens with zero attached hydrogens (tertiary/aromatic N) is 3. The molecular weight excluding hydrogens is 438 g/mol. The van der Waals surface area contributed by atoms with Gasteiger partial charge >= 0.3 is 0 Å². The first kappa shape index (κ1) is 18.6. The highest BCUT2D eigenvalue weighted by atomic mass is 79.9. The van der Waals surface area contributed by atoms with Crippen LogP contribution >= 0.6 is 15.9 Å². The van der Waals surface area contributed by atoms with E-state index in [1.807, 2.05) is 65.3 Å². The smallest absolute Gasteiger partial charge is 0.262 e. The highest BCUT2D eigenvalue weighted by Gasteiger charge is 2.41. The number of hydrogen-bond donors (Lipinski definition) is 0. The highest BCUT2D eigenvalue weighted by Crippen LogP contribution is 2.41. The molecule has 0 saturated heterocycles. The molecule has 0 spiro atoms. The zero-order chi connectivity index (χ0) is 20.6. The molecule has 0 saturated carbocycles. The summed E-state index contributed by atoms with van der Waals surface area (Å²) >= 11 is 3.48. The first-order chi connectivity index (χ1) is 14.7. The van der Waals surface area contributed by atoms with Crippen LogP contribution in [-0.4, -0.2) is 9.78 Å². The Morgan fingerprint density at radius 1 is 0.767 bits per heavy atom. The van der Waals surface area contributed by atoms with Gasteiger partial charge in [0.05, 0.1) is 4.47 Å². The van der Waals surface area contributed by atoms with E-state index in [1.54, 1.807) is 6.20 Å². The Bertz CT molecular complexity index is 1210. The topological polar surface area (TPSA) is 44.8 Å². The van der Waals surface area contributed by atoms with Crippen molar-refractivity contribution in [3.63, 3.8) is 0 Å². The van der Waals surface area contributed by atoms with Crippen LogP contribution in [0.1, 0.15) is 16.7 Å². The molecule has 0 amide bonds. The van der Waals surface area contributed by atoms with Crippen molar-refractivity contribution in [3.8, 4) is 0 Å². The van der Waals surface area contributed by atoms with Gasteiger partial charge in [-0.2, -0.15) is 9.83 Å². The van der Waals surface area contributed by atoms with E-state index in [0.717, 1.165) is 26.9 Å². The minimum absolute atomic E-state index is 0.519. The van der Waals surface area contributed by atoms with E-state index in [-0.39, 0.29) is 0 Å². The minimum atomic E-state index is -0.751. The van der Waals surface area contributed by atoms with Crippen LogP contribution in [0.4, 0.5) is 0 Å². The standard InChI is InChI=1S/C25H18BrN3O/c26-22-16-23-24(28(30)18-22)17-27-29(23)25(19-10-4-1-5-11-19,20-12-6-2-7-13-20)21-14-8-3-9-15-21/h1-18H. The van der Waals surface area contributed by atoms with Crippen molar-refractivity contribution < 1.29 is 4.73 Å². The quantitative estimate of drug-likeness (QED) is 0.210. The predicted molar refractivity (Wildman–Crippen MR) is 121 cm³/mol. The summed E-state index contributed by atoms with van der Waals surface area (Å²) in [6.07, 6.45) is 3.14. The lowest BCUT2D eigenvalue weighted by atomic mass is 9.77. The molecule has 0 atom stereocenters. The Hall–Kier alpha value is -3.44. The maximum Gasteiger partial charge on any atom is 0.262 e. The fraction of sp³-hybridized carbons (Fsp3) is 0.0400. The van der Waals surface area contributed by atoms with Gasteiger partial charge in [-0.15, -0.1) is 0 Å². The SMILES string of the molecule is [O-][n+]1cc(Br)cc2c1cnn2C(c1ccccc1)(c1ccccc1)c1ccccc1. The molecule has 0 aliphatic carbocycles. The van der Waals surface area contributed by atoms with E-state index < -0.39 is 5.54 Å². The summed E-state index contributed by atoms with van der Waals surface area (Å²) in [6, 6.07) is 32.8. The van der Waals surface area contributed by atoms with E-state index in [9.17, 15) is 5.21 Å². The maximum absolute atomic E-state index is 12.6. The van der Waals surface area contributed by atoms with Crippen molar-refractivity contribution in [3.05, 3.63) is 136 Å². The molecule has 5 rings (SSSR count). The fourth-order valence-electron chi connectivity index (χ4n) is 4.18. The van der Waals surface area contributed by atoms with Crippen molar-refractivity contribution in [2.75, 3.05) is 0 Å². The molecule has 0 bridgehead atoms. The van der Waals surface area contributed by atoms with Gasteiger partial charge in [0.25, 0.3) is 5.52 Å². The minimum Gasteiger partial charge on any atom is -0.618 e. The van der Waals surface area contributed by atoms with Gasteiger partial charge in [0, 0.05) is 0 Å². The summed E-state index contributed by atoms with van der Waals surface area (Å²) in [4.78, 5) is 0. The molecule has 0 fully saturated rings. The first-order valence-electron chi connectivity index (χ1n) is 9.65. The second-order valence-corrected chi connectivity index (χ2v) is 8.04. The molecule has 2 aromatic heterocycles. The molecule has 2 heterocycles. The van der Waals surface area contributed by atoms with Gasteiger partial charge in [-0.1, -0.05) is 91.0 Å². The Balaban J connectivity index is 1.98. The van der Waals surface area contributed by atoms with Gasteiger partial charge in [0.2, 0.25) is 0 Å². The van der Waals surface area contributed by atoms with Crippen LogP contribution < -0.4 is 4.73 Å². The third-order valence-electron chi connectivity index (χ3n) is 5.43. The summed E-state index contributed by atoms with van der Waals surface area (Å²) in [5, 5.41) is 17.4. The van der Waals surface area contributed by atoms with Crippen LogP contribution in [0.15, 0.2) is 114 Å². The van der Waals surface area contributed by atoms with Crippen molar-refractivity contribution in [1.82, 2.24) is 9.78 Å². The number of aromatic nitrogens is 3. The maximum atomic E-state index is 12.6. The molecule has 0 radical (unpaired) electrons. The van der Waals surface area contributed by atoms with Gasteiger partial charge in [-0.05, 0) is 38.7 Å². The zero-order valence-electron chi connectivity index (χ0n) is 16.0. The molecule has 3 aromatic carbocycles. The van der Waals surface area contributed by atoms with E-state index in [4.69, 9.17) is 5.10 Å². The van der Waals surface area contributed by atoms with Crippen LogP contribution in [-0.2, 0) is 5.54 Å². The fourth-order valence-corrected chi connectivity index (χ4v) is 4.58. The lowest BCUT2D eigenvalue weighted by molar-refractivity contribution is -0.577. The second-order valence-electron chi connectivity index (χ2n) is 7.12. The summed E-state index contributed by atoms with van der Waals surface area (Å²) in [5.74, 6) is 0. The van der Waals surface area contributed by atoms with Crippen LogP contribution in [0.3, 0.4) is 0 Å². The van der Waals surface area contributed by atoms with Gasteiger partial charge in [-0.3, -0.25) is 0 Å². The van der Waals surface area contributed by atoms with Crippen molar-refractivity contribution in [2.24, 2.45) is 0 Å². The predicted octanol–water partition coefficient (Wildman–Crippen LogP) is 5.27. The van der Waals surface area contributed by atoms with E-state index in [0.29, 0.717) is 9.99 Å². The summed E-state index contributed by atoms with van der Waals surface area (Å²) in [5.41, 5.74) is 3.69. The monoisotopic (exact) mass is 455 g/mol. The zero-order valence-corrected chi connectivity index (χ0v) is 17.6. The lowest BCUT2D eigenvalue weighted by Gasteiger charge is -2.36. The van der Waals surface area contributed by atoms with Gasteiger partial charge < -0.3 is 5.21 Å². The number of pyridine rings is 1. The molecule has 0 aliphatic heterocycles. The third-order valence-corrected chi connectivity index (χ3v) is 5.86. The van der Waals surface area contributed by atoms with Gasteiger partial charge in [0.15, 0.2) is 6.20 Å². The van der Waals surface area contributed by atoms with E-state index in [2.05, 4.69) is 52.3 Å². The normalized spacial score (nSPS) is 11.6. The Labute approximate surface area is 182 Å². The van der Waals surface area contributed by atoms with Crippen LogP contribution in [0.25, 0.3) is 11.0 Å². The molecule has 5 heteroatoms. The number of benzene rings is 3. The number of halogens is 1. The largest absolute Gasteiger partial charge is 0.618 e. The molecule has 0 unspecified atom stereocenters. The second kappa shape index (κ2) is 7.43. The summed E-state index contributed by atoms with van der Waals surface area (Å²) < 4.78 is 3.52. The van der Waals surface area contributed by atoms with Crippen LogP contribution in [0.5, 0.6) is 0 Å². The molecule has 146 valence electrons. The van der Waals surface area contributed by atoms with E-state index >= 15 is 0 Å². The molecule has 4 nitrogen and oxygen atoms in total. The van der Waals surface area contributed by atoms with Gasteiger partial charge in [0.1, 0.15) is 17.3 Å². The van der Waals surface area contributed by atoms with Crippen molar-refractivity contribution in [1.29, 1.82) is 0 Å². The third kappa shape index (κ3) is 2.82. The Morgan fingerprint density at radius 3 is 1.70 bits per heavy atom. The average Bonchev–Trinajstić information content (AvgIpc) is 3.21. The van der Waals surface area contributed by atoms with Gasteiger partial charge in [-0.25, -0.2) is 4.68 Å². The van der Waals surface area contributed by atoms with Crippen molar-refractivity contribution >= 4 is 27.0 Å².